The molecule has 2 aromatic rings. The van der Waals surface area contributed by atoms with E-state index in [-0.39, 0.29) is 0 Å². The van der Waals surface area contributed by atoms with Gasteiger partial charge >= 0.3 is 0 Å². The molecule has 0 aromatic carbocycles. The molecule has 3 heterocycles. The summed E-state index contributed by atoms with van der Waals surface area (Å²) in [4.78, 5) is 2.46. The first-order chi connectivity index (χ1) is 8.81. The van der Waals surface area contributed by atoms with Crippen molar-refractivity contribution < 1.29 is 0 Å². The largest absolute Gasteiger partial charge is 0.326 e. The Labute approximate surface area is 107 Å². The highest BCUT2D eigenvalue weighted by atomic mass is 15.3. The standard InChI is InChI=1S/C13H19N5/c1-2-17-5-4-11(9-17)13-16-15-12-7-10(8-14)3-6-18(12)13/h3,6-7,11H,2,4-5,8-9,14H2,1H3. The molecule has 1 aliphatic heterocycles. The average molecular weight is 245 g/mol. The van der Waals surface area contributed by atoms with Crippen LogP contribution in [0.1, 0.15) is 30.7 Å². The Bertz CT molecular complexity index is 547. The van der Waals surface area contributed by atoms with Crippen LogP contribution in [0.2, 0.25) is 0 Å². The van der Waals surface area contributed by atoms with Gasteiger partial charge in [-0.15, -0.1) is 10.2 Å². The topological polar surface area (TPSA) is 59.5 Å². The number of pyridine rings is 1. The van der Waals surface area contributed by atoms with Crippen LogP contribution in [0.5, 0.6) is 0 Å². The lowest BCUT2D eigenvalue weighted by molar-refractivity contribution is 0.352. The summed E-state index contributed by atoms with van der Waals surface area (Å²) in [6.07, 6.45) is 3.22. The highest BCUT2D eigenvalue weighted by Crippen LogP contribution is 2.26. The van der Waals surface area contributed by atoms with Crippen molar-refractivity contribution >= 4 is 5.65 Å². The fraction of sp³-hybridized carbons (Fsp3) is 0.538. The second-order valence-corrected chi connectivity index (χ2v) is 4.90. The van der Waals surface area contributed by atoms with Gasteiger partial charge in [-0.3, -0.25) is 4.40 Å². The number of likely N-dealkylation sites (tertiary alicyclic amines) is 1. The van der Waals surface area contributed by atoms with Gasteiger partial charge in [0.25, 0.3) is 0 Å². The number of likely N-dealkylation sites (N-methyl/N-ethyl adjacent to an activating group) is 1. The summed E-state index contributed by atoms with van der Waals surface area (Å²) in [5.41, 5.74) is 7.65. The summed E-state index contributed by atoms with van der Waals surface area (Å²) in [6.45, 7) is 6.13. The van der Waals surface area contributed by atoms with Crippen molar-refractivity contribution in [1.29, 1.82) is 0 Å². The van der Waals surface area contributed by atoms with Crippen molar-refractivity contribution in [2.45, 2.75) is 25.8 Å². The van der Waals surface area contributed by atoms with E-state index in [1.807, 2.05) is 18.3 Å². The van der Waals surface area contributed by atoms with Crippen molar-refractivity contribution in [3.05, 3.63) is 29.7 Å². The van der Waals surface area contributed by atoms with E-state index in [4.69, 9.17) is 5.73 Å². The summed E-state index contributed by atoms with van der Waals surface area (Å²) in [7, 11) is 0. The Morgan fingerprint density at radius 3 is 3.06 bits per heavy atom. The van der Waals surface area contributed by atoms with Crippen LogP contribution in [0.25, 0.3) is 5.65 Å². The van der Waals surface area contributed by atoms with Crippen molar-refractivity contribution in [3.8, 4) is 0 Å². The lowest BCUT2D eigenvalue weighted by Crippen LogP contribution is -2.19. The van der Waals surface area contributed by atoms with Crippen LogP contribution in [0.4, 0.5) is 0 Å². The van der Waals surface area contributed by atoms with Gasteiger partial charge in [0, 0.05) is 25.2 Å². The van der Waals surface area contributed by atoms with Gasteiger partial charge in [0.05, 0.1) is 0 Å². The van der Waals surface area contributed by atoms with Crippen molar-refractivity contribution in [1.82, 2.24) is 19.5 Å². The van der Waals surface area contributed by atoms with E-state index >= 15 is 0 Å². The number of rotatable bonds is 3. The first-order valence-electron chi connectivity index (χ1n) is 6.57. The molecule has 0 bridgehead atoms. The molecule has 1 unspecified atom stereocenters. The zero-order valence-corrected chi connectivity index (χ0v) is 10.7. The molecule has 5 nitrogen and oxygen atoms in total. The van der Waals surface area contributed by atoms with Gasteiger partial charge < -0.3 is 10.6 Å². The zero-order chi connectivity index (χ0) is 12.5. The summed E-state index contributed by atoms with van der Waals surface area (Å²) in [6, 6.07) is 4.06. The van der Waals surface area contributed by atoms with E-state index in [9.17, 15) is 0 Å². The fourth-order valence-corrected chi connectivity index (χ4v) is 2.69. The molecular formula is C13H19N5. The Kier molecular flexibility index (Phi) is 3.01. The van der Waals surface area contributed by atoms with Crippen molar-refractivity contribution in [2.75, 3.05) is 19.6 Å². The minimum absolute atomic E-state index is 0.503. The maximum Gasteiger partial charge on any atom is 0.161 e. The summed E-state index contributed by atoms with van der Waals surface area (Å²) in [5, 5.41) is 8.63. The Balaban J connectivity index is 1.93. The molecule has 5 heteroatoms. The van der Waals surface area contributed by atoms with E-state index < -0.39 is 0 Å². The number of hydrogen-bond acceptors (Lipinski definition) is 4. The number of aromatic nitrogens is 3. The third-order valence-electron chi connectivity index (χ3n) is 3.82. The van der Waals surface area contributed by atoms with Gasteiger partial charge in [0.2, 0.25) is 0 Å². The van der Waals surface area contributed by atoms with Gasteiger partial charge in [-0.2, -0.15) is 0 Å². The highest BCUT2D eigenvalue weighted by Gasteiger charge is 2.26. The minimum atomic E-state index is 0.503. The monoisotopic (exact) mass is 245 g/mol. The second-order valence-electron chi connectivity index (χ2n) is 4.90. The number of hydrogen-bond donors (Lipinski definition) is 1. The maximum atomic E-state index is 5.64. The van der Waals surface area contributed by atoms with Gasteiger partial charge in [0.1, 0.15) is 5.82 Å². The lowest BCUT2D eigenvalue weighted by atomic mass is 10.1. The van der Waals surface area contributed by atoms with E-state index in [1.54, 1.807) is 0 Å². The first-order valence-corrected chi connectivity index (χ1v) is 6.57. The highest BCUT2D eigenvalue weighted by molar-refractivity contribution is 5.41. The lowest BCUT2D eigenvalue weighted by Gasteiger charge is -2.12. The molecule has 0 amide bonds. The minimum Gasteiger partial charge on any atom is -0.326 e. The third kappa shape index (κ3) is 1.89. The summed E-state index contributed by atoms with van der Waals surface area (Å²) < 4.78 is 2.10. The molecule has 2 aromatic heterocycles. The zero-order valence-electron chi connectivity index (χ0n) is 10.7. The Hall–Kier alpha value is -1.46. The van der Waals surface area contributed by atoms with E-state index in [0.29, 0.717) is 12.5 Å². The molecule has 0 radical (unpaired) electrons. The molecule has 2 N–H and O–H groups in total. The summed E-state index contributed by atoms with van der Waals surface area (Å²) >= 11 is 0. The second kappa shape index (κ2) is 4.66. The predicted octanol–water partition coefficient (Wildman–Crippen LogP) is 0.997. The van der Waals surface area contributed by atoms with Gasteiger partial charge in [0.15, 0.2) is 5.65 Å². The van der Waals surface area contributed by atoms with Crippen LogP contribution in [0.15, 0.2) is 18.3 Å². The molecular weight excluding hydrogens is 226 g/mol. The molecule has 0 spiro atoms. The van der Waals surface area contributed by atoms with Gasteiger partial charge in [-0.05, 0) is 37.2 Å². The molecule has 1 fully saturated rings. The quantitative estimate of drug-likeness (QED) is 0.876. The van der Waals surface area contributed by atoms with Crippen LogP contribution in [-0.4, -0.2) is 39.1 Å². The smallest absolute Gasteiger partial charge is 0.161 e. The SMILES string of the molecule is CCN1CCC(c2nnc3cc(CN)ccn23)C1. The predicted molar refractivity (Wildman–Crippen MR) is 70.4 cm³/mol. The Morgan fingerprint density at radius 1 is 1.44 bits per heavy atom. The molecule has 3 rings (SSSR count). The number of fused-ring (bicyclic) bond motifs is 1. The average Bonchev–Trinajstić information content (AvgIpc) is 3.03. The van der Waals surface area contributed by atoms with Gasteiger partial charge in [-0.25, -0.2) is 0 Å². The van der Waals surface area contributed by atoms with E-state index in [1.165, 1.54) is 6.42 Å². The molecule has 1 aliphatic rings. The molecule has 1 saturated heterocycles. The fourth-order valence-electron chi connectivity index (χ4n) is 2.69. The van der Waals surface area contributed by atoms with E-state index in [0.717, 1.165) is 36.7 Å². The first kappa shape index (κ1) is 11.6. The third-order valence-corrected chi connectivity index (χ3v) is 3.82. The molecule has 96 valence electrons. The molecule has 18 heavy (non-hydrogen) atoms. The maximum absolute atomic E-state index is 5.64. The molecule has 0 aliphatic carbocycles. The number of nitrogens with two attached hydrogens (primary N) is 1. The number of nitrogens with zero attached hydrogens (tertiary/aromatic N) is 4. The van der Waals surface area contributed by atoms with Crippen LogP contribution >= 0.6 is 0 Å². The summed E-state index contributed by atoms with van der Waals surface area (Å²) in [5.74, 6) is 1.59. The van der Waals surface area contributed by atoms with Gasteiger partial charge in [-0.1, -0.05) is 6.92 Å². The van der Waals surface area contributed by atoms with Crippen LogP contribution in [0.3, 0.4) is 0 Å². The molecule has 1 atom stereocenters. The van der Waals surface area contributed by atoms with Crippen molar-refractivity contribution in [2.24, 2.45) is 5.73 Å². The normalized spacial score (nSPS) is 20.9. The van der Waals surface area contributed by atoms with Crippen LogP contribution in [0, 0.1) is 0 Å². The van der Waals surface area contributed by atoms with Crippen LogP contribution in [-0.2, 0) is 6.54 Å². The van der Waals surface area contributed by atoms with Crippen molar-refractivity contribution in [3.63, 3.8) is 0 Å². The van der Waals surface area contributed by atoms with E-state index in [2.05, 4.69) is 26.4 Å². The Morgan fingerprint density at radius 2 is 2.33 bits per heavy atom. The molecule has 0 saturated carbocycles. The van der Waals surface area contributed by atoms with Crippen LogP contribution < -0.4 is 5.73 Å².